The molecule has 2 amide bonds. The smallest absolute Gasteiger partial charge is 0.326 e. The predicted molar refractivity (Wildman–Crippen MR) is 233 cm³/mol. The van der Waals surface area contributed by atoms with E-state index in [0.717, 1.165) is 34.1 Å². The molecule has 0 unspecified atom stereocenters. The van der Waals surface area contributed by atoms with Crippen LogP contribution >= 0.6 is 0 Å². The molecule has 10 nitrogen and oxygen atoms in total. The number of benzene rings is 6. The van der Waals surface area contributed by atoms with Gasteiger partial charge in [-0.15, -0.1) is 0 Å². The number of carbonyl (C=O) groups excluding carboxylic acids is 4. The molecule has 0 N–H and O–H groups in total. The first-order chi connectivity index (χ1) is 29.4. The predicted octanol–water partition coefficient (Wildman–Crippen LogP) is 9.56. The summed E-state index contributed by atoms with van der Waals surface area (Å²) in [7, 11) is 0. The molecule has 298 valence electrons. The van der Waals surface area contributed by atoms with Crippen LogP contribution in [0.1, 0.15) is 25.0 Å². The third-order valence-electron chi connectivity index (χ3n) is 10.2. The number of para-hydroxylation sites is 4. The Balaban J connectivity index is 1.26. The highest BCUT2D eigenvalue weighted by Gasteiger charge is 2.50. The maximum atomic E-state index is 14.8. The number of fused-ring (bicyclic) bond motifs is 1. The molecule has 8 rings (SSSR count). The van der Waals surface area contributed by atoms with Gasteiger partial charge in [-0.1, -0.05) is 97.1 Å². The van der Waals surface area contributed by atoms with Gasteiger partial charge in [-0.05, 0) is 97.8 Å². The molecule has 0 aliphatic carbocycles. The molecule has 60 heavy (non-hydrogen) atoms. The van der Waals surface area contributed by atoms with Crippen molar-refractivity contribution < 1.29 is 28.7 Å². The molecule has 0 radical (unpaired) electrons. The minimum Gasteiger partial charge on any atom is -0.465 e. The molecule has 0 aromatic heterocycles. The summed E-state index contributed by atoms with van der Waals surface area (Å²) < 4.78 is 10.6. The molecular weight excluding hydrogens is 753 g/mol. The maximum absolute atomic E-state index is 14.8. The van der Waals surface area contributed by atoms with Crippen LogP contribution in [0.25, 0.3) is 11.4 Å². The van der Waals surface area contributed by atoms with Gasteiger partial charge in [-0.25, -0.2) is 0 Å². The number of nitrogens with zero attached hydrogens (tertiary/aromatic N) is 4. The van der Waals surface area contributed by atoms with Crippen molar-refractivity contribution in [1.82, 2.24) is 9.80 Å². The number of hydrogen-bond donors (Lipinski definition) is 0. The van der Waals surface area contributed by atoms with E-state index in [0.29, 0.717) is 11.1 Å². The second-order valence-corrected chi connectivity index (χ2v) is 13.9. The Morgan fingerprint density at radius 1 is 0.417 bits per heavy atom. The fraction of sp³-hybridized carbons (Fsp3) is 0.120. The Labute approximate surface area is 348 Å². The van der Waals surface area contributed by atoms with Crippen molar-refractivity contribution in [2.45, 2.75) is 13.8 Å². The minimum absolute atomic E-state index is 0.0959. The highest BCUT2D eigenvalue weighted by molar-refractivity contribution is 6.31. The highest BCUT2D eigenvalue weighted by Crippen LogP contribution is 2.47. The lowest BCUT2D eigenvalue weighted by atomic mass is 10.0. The Kier molecular flexibility index (Phi) is 11.4. The summed E-state index contributed by atoms with van der Waals surface area (Å²) in [6.45, 7) is 2.78. The summed E-state index contributed by atoms with van der Waals surface area (Å²) in [6, 6.07) is 54.7. The third-order valence-corrected chi connectivity index (χ3v) is 10.2. The Hall–Kier alpha value is -7.72. The third kappa shape index (κ3) is 7.66. The van der Waals surface area contributed by atoms with E-state index in [1.807, 2.05) is 170 Å². The van der Waals surface area contributed by atoms with Crippen molar-refractivity contribution in [3.05, 3.63) is 192 Å². The number of hydrogen-bond acceptors (Lipinski definition) is 8. The summed E-state index contributed by atoms with van der Waals surface area (Å²) in [5.41, 5.74) is 7.20. The topological polar surface area (TPSA) is 99.7 Å². The van der Waals surface area contributed by atoms with E-state index in [2.05, 4.69) is 9.80 Å². The van der Waals surface area contributed by atoms with E-state index in [-0.39, 0.29) is 35.8 Å². The summed E-state index contributed by atoms with van der Waals surface area (Å²) >= 11 is 0. The van der Waals surface area contributed by atoms with Crippen LogP contribution in [0.2, 0.25) is 0 Å². The van der Waals surface area contributed by atoms with E-state index >= 15 is 0 Å². The monoisotopic (exact) mass is 794 g/mol. The lowest BCUT2D eigenvalue weighted by molar-refractivity contribution is -0.146. The SMILES string of the molecule is CCOC(=O)CN1C(=O)C2=C(c3ccc(N(c4ccccc4)c4ccccc4)cc3)N(CC(=O)OCC)C(=O)C2=C1c1ccc(N(c2ccccc2)c2ccccc2)cc1. The van der Waals surface area contributed by atoms with E-state index in [1.54, 1.807) is 13.8 Å². The van der Waals surface area contributed by atoms with Crippen LogP contribution in [0.15, 0.2) is 181 Å². The fourth-order valence-corrected chi connectivity index (χ4v) is 7.71. The van der Waals surface area contributed by atoms with E-state index in [1.165, 1.54) is 9.80 Å². The van der Waals surface area contributed by atoms with Gasteiger partial charge in [-0.3, -0.25) is 29.0 Å². The van der Waals surface area contributed by atoms with Gasteiger partial charge in [0.15, 0.2) is 0 Å². The molecule has 0 atom stereocenters. The van der Waals surface area contributed by atoms with Crippen molar-refractivity contribution in [2.24, 2.45) is 0 Å². The van der Waals surface area contributed by atoms with Gasteiger partial charge in [0.25, 0.3) is 11.8 Å². The Morgan fingerprint density at radius 2 is 0.683 bits per heavy atom. The van der Waals surface area contributed by atoms with Gasteiger partial charge in [-0.2, -0.15) is 0 Å². The molecule has 6 aromatic carbocycles. The number of carbonyl (C=O) groups is 4. The number of anilines is 6. The molecule has 0 spiro atoms. The van der Waals surface area contributed by atoms with E-state index in [4.69, 9.17) is 9.47 Å². The number of rotatable bonds is 14. The quantitative estimate of drug-likeness (QED) is 0.101. The summed E-state index contributed by atoms with van der Waals surface area (Å²) in [4.78, 5) is 62.7. The molecular formula is C50H42N4O6. The van der Waals surface area contributed by atoms with Crippen molar-refractivity contribution in [3.8, 4) is 0 Å². The normalized spacial score (nSPS) is 13.4. The van der Waals surface area contributed by atoms with Crippen LogP contribution < -0.4 is 9.80 Å². The van der Waals surface area contributed by atoms with E-state index in [9.17, 15) is 19.2 Å². The molecule has 0 saturated heterocycles. The van der Waals surface area contributed by atoms with Gasteiger partial charge in [0.2, 0.25) is 0 Å². The first kappa shape index (κ1) is 39.1. The van der Waals surface area contributed by atoms with Crippen LogP contribution in [0.5, 0.6) is 0 Å². The molecule has 0 bridgehead atoms. The van der Waals surface area contributed by atoms with Crippen LogP contribution in [0.4, 0.5) is 34.1 Å². The van der Waals surface area contributed by atoms with Crippen molar-refractivity contribution in [1.29, 1.82) is 0 Å². The lowest BCUT2D eigenvalue weighted by Crippen LogP contribution is -2.35. The largest absolute Gasteiger partial charge is 0.465 e. The average Bonchev–Trinajstić information content (AvgIpc) is 3.72. The number of ether oxygens (including phenoxy) is 2. The standard InChI is InChI=1S/C50H42N4O6/c1-3-59-43(55)33-51-47(35-25-29-41(30-26-35)53(37-17-9-5-10-18-37)38-19-11-6-12-20-38)45-46(49(51)57)48(52(50(45)58)34-44(56)60-4-2)36-27-31-42(32-28-36)54(39-21-13-7-14-22-39)40-23-15-8-16-24-40/h5-32H,3-4,33-34H2,1-2H3. The molecule has 0 saturated carbocycles. The molecule has 10 heteroatoms. The first-order valence-electron chi connectivity index (χ1n) is 19.8. The number of amides is 2. The van der Waals surface area contributed by atoms with Gasteiger partial charge >= 0.3 is 11.9 Å². The zero-order valence-electron chi connectivity index (χ0n) is 33.2. The van der Waals surface area contributed by atoms with Crippen molar-refractivity contribution in [3.63, 3.8) is 0 Å². The highest BCUT2D eigenvalue weighted by atomic mass is 16.5. The van der Waals surface area contributed by atoms with Gasteiger partial charge in [0, 0.05) is 34.1 Å². The van der Waals surface area contributed by atoms with Crippen LogP contribution in [-0.2, 0) is 28.7 Å². The molecule has 0 fully saturated rings. The Morgan fingerprint density at radius 3 is 0.950 bits per heavy atom. The summed E-state index contributed by atoms with van der Waals surface area (Å²) in [5, 5.41) is 0. The zero-order chi connectivity index (χ0) is 41.6. The second kappa shape index (κ2) is 17.4. The van der Waals surface area contributed by atoms with Gasteiger partial charge < -0.3 is 19.3 Å². The maximum Gasteiger partial charge on any atom is 0.326 e. The van der Waals surface area contributed by atoms with Gasteiger partial charge in [0.05, 0.1) is 35.8 Å². The zero-order valence-corrected chi connectivity index (χ0v) is 33.2. The fourth-order valence-electron chi connectivity index (χ4n) is 7.71. The lowest BCUT2D eigenvalue weighted by Gasteiger charge is -2.27. The number of esters is 2. The van der Waals surface area contributed by atoms with Crippen LogP contribution in [0.3, 0.4) is 0 Å². The van der Waals surface area contributed by atoms with Crippen molar-refractivity contribution in [2.75, 3.05) is 36.1 Å². The van der Waals surface area contributed by atoms with Crippen LogP contribution in [-0.4, -0.2) is 59.9 Å². The minimum atomic E-state index is -0.621. The molecule has 2 aliphatic rings. The second-order valence-electron chi connectivity index (χ2n) is 13.9. The first-order valence-corrected chi connectivity index (χ1v) is 19.8. The summed E-state index contributed by atoms with van der Waals surface area (Å²) in [6.07, 6.45) is 0. The molecule has 2 aliphatic heterocycles. The van der Waals surface area contributed by atoms with E-state index < -0.39 is 36.8 Å². The molecule has 6 aromatic rings. The Bertz CT molecular complexity index is 2320. The average molecular weight is 795 g/mol. The van der Waals surface area contributed by atoms with Gasteiger partial charge in [0.1, 0.15) is 13.1 Å². The van der Waals surface area contributed by atoms with Crippen molar-refractivity contribution >= 4 is 69.3 Å². The summed E-state index contributed by atoms with van der Waals surface area (Å²) in [5.74, 6) is -2.35. The molecule has 2 heterocycles. The van der Waals surface area contributed by atoms with Crippen LogP contribution in [0, 0.1) is 0 Å².